The summed E-state index contributed by atoms with van der Waals surface area (Å²) >= 11 is 0. The van der Waals surface area contributed by atoms with Crippen LogP contribution in [0.5, 0.6) is 0 Å². The number of rotatable bonds is 5. The SMILES string of the molecule is CC(C)(C)[Si](C)(C)c1c(CF)c(CF)nc(-c2[nH]nc3ncccc23)c1CF. The molecule has 0 bridgehead atoms. The maximum Gasteiger partial charge on any atom is 0.181 e. The van der Waals surface area contributed by atoms with Crippen LogP contribution in [-0.2, 0) is 20.0 Å². The monoisotopic (exact) mass is 406 g/mol. The summed E-state index contributed by atoms with van der Waals surface area (Å²) in [5.41, 5.74) is 1.80. The van der Waals surface area contributed by atoms with E-state index in [1.807, 2.05) is 0 Å². The third kappa shape index (κ3) is 3.13. The molecule has 8 heteroatoms. The van der Waals surface area contributed by atoms with E-state index < -0.39 is 28.1 Å². The van der Waals surface area contributed by atoms with Crippen molar-refractivity contribution in [3.05, 3.63) is 35.2 Å². The van der Waals surface area contributed by atoms with Crippen LogP contribution in [0.3, 0.4) is 0 Å². The van der Waals surface area contributed by atoms with Crippen LogP contribution in [0.15, 0.2) is 18.3 Å². The molecule has 3 aromatic heterocycles. The van der Waals surface area contributed by atoms with E-state index in [2.05, 4.69) is 54.0 Å². The van der Waals surface area contributed by atoms with E-state index in [4.69, 9.17) is 0 Å². The quantitative estimate of drug-likeness (QED) is 0.597. The molecule has 0 unspecified atom stereocenters. The van der Waals surface area contributed by atoms with Gasteiger partial charge in [0.05, 0.1) is 25.2 Å². The van der Waals surface area contributed by atoms with Gasteiger partial charge in [-0.25, -0.2) is 23.1 Å². The zero-order valence-electron chi connectivity index (χ0n) is 16.8. The molecule has 0 saturated carbocycles. The zero-order valence-corrected chi connectivity index (χ0v) is 17.8. The van der Waals surface area contributed by atoms with Crippen molar-refractivity contribution in [1.29, 1.82) is 0 Å². The Morgan fingerprint density at radius 1 is 1.04 bits per heavy atom. The van der Waals surface area contributed by atoms with Gasteiger partial charge in [0.2, 0.25) is 0 Å². The van der Waals surface area contributed by atoms with Gasteiger partial charge < -0.3 is 0 Å². The number of aromatic amines is 1. The van der Waals surface area contributed by atoms with E-state index in [0.717, 1.165) is 0 Å². The Kier molecular flexibility index (Phi) is 5.35. The third-order valence-corrected chi connectivity index (χ3v) is 11.5. The molecule has 1 N–H and O–H groups in total. The number of hydrogen-bond acceptors (Lipinski definition) is 3. The molecule has 0 atom stereocenters. The van der Waals surface area contributed by atoms with Crippen molar-refractivity contribution in [3.63, 3.8) is 0 Å². The molecule has 0 amide bonds. The van der Waals surface area contributed by atoms with Crippen LogP contribution in [-0.4, -0.2) is 28.2 Å². The standard InChI is InChI=1S/C20H25F3N4Si/c1-20(2,3)28(4,5)18-13(9-21)15(11-23)25-16(14(18)10-22)17-12-7-6-8-24-19(12)27-26-17/h6-8H,9-11H2,1-5H3,(H,24,26,27). The third-order valence-electron chi connectivity index (χ3n) is 5.94. The van der Waals surface area contributed by atoms with Gasteiger partial charge in [0, 0.05) is 22.7 Å². The van der Waals surface area contributed by atoms with Crippen molar-refractivity contribution in [2.24, 2.45) is 0 Å². The Labute approximate surface area is 163 Å². The molecule has 3 rings (SSSR count). The molecule has 4 nitrogen and oxygen atoms in total. The van der Waals surface area contributed by atoms with E-state index in [-0.39, 0.29) is 16.3 Å². The van der Waals surface area contributed by atoms with Gasteiger partial charge in [-0.05, 0) is 22.4 Å². The van der Waals surface area contributed by atoms with Gasteiger partial charge in [0.25, 0.3) is 0 Å². The number of nitrogens with one attached hydrogen (secondary N) is 1. The first-order valence-electron chi connectivity index (χ1n) is 9.19. The number of fused-ring (bicyclic) bond motifs is 1. The fraction of sp³-hybridized carbons (Fsp3) is 0.450. The summed E-state index contributed by atoms with van der Waals surface area (Å²) in [4.78, 5) is 8.53. The fourth-order valence-corrected chi connectivity index (χ4v) is 6.12. The van der Waals surface area contributed by atoms with Crippen LogP contribution in [0.1, 0.15) is 37.6 Å². The first-order chi connectivity index (χ1) is 13.2. The molecule has 0 aliphatic carbocycles. The lowest BCUT2D eigenvalue weighted by molar-refractivity contribution is 0.444. The second-order valence-electron chi connectivity index (χ2n) is 8.49. The van der Waals surface area contributed by atoms with Crippen LogP contribution in [0.25, 0.3) is 22.4 Å². The molecule has 3 aromatic rings. The summed E-state index contributed by atoms with van der Waals surface area (Å²) in [6, 6.07) is 3.55. The molecule has 0 aliphatic rings. The number of halogens is 3. The Morgan fingerprint density at radius 2 is 1.71 bits per heavy atom. The van der Waals surface area contributed by atoms with Crippen LogP contribution in [0, 0.1) is 0 Å². The predicted octanol–water partition coefficient (Wildman–Crippen LogP) is 5.14. The fourth-order valence-electron chi connectivity index (χ4n) is 3.47. The van der Waals surface area contributed by atoms with Crippen molar-refractivity contribution in [2.45, 2.75) is 58.9 Å². The topological polar surface area (TPSA) is 54.5 Å². The molecule has 0 fully saturated rings. The van der Waals surface area contributed by atoms with Crippen molar-refractivity contribution >= 4 is 24.3 Å². The highest BCUT2D eigenvalue weighted by Gasteiger charge is 2.42. The molecular formula is C20H25F3N4Si. The maximum absolute atomic E-state index is 14.4. The smallest absolute Gasteiger partial charge is 0.181 e. The number of H-pyrrole nitrogens is 1. The molecule has 0 radical (unpaired) electrons. The van der Waals surface area contributed by atoms with Gasteiger partial charge in [-0.3, -0.25) is 5.10 Å². The van der Waals surface area contributed by atoms with E-state index in [0.29, 0.717) is 33.2 Å². The van der Waals surface area contributed by atoms with Crippen molar-refractivity contribution < 1.29 is 13.2 Å². The minimum absolute atomic E-state index is 0.0289. The lowest BCUT2D eigenvalue weighted by Gasteiger charge is -2.40. The van der Waals surface area contributed by atoms with Gasteiger partial charge in [-0.15, -0.1) is 0 Å². The van der Waals surface area contributed by atoms with Crippen molar-refractivity contribution in [2.75, 3.05) is 0 Å². The zero-order chi connectivity index (χ0) is 20.7. The van der Waals surface area contributed by atoms with Gasteiger partial charge in [0.15, 0.2) is 5.65 Å². The average molecular weight is 407 g/mol. The lowest BCUT2D eigenvalue weighted by atomic mass is 10.0. The lowest BCUT2D eigenvalue weighted by Crippen LogP contribution is -2.53. The second-order valence-corrected chi connectivity index (χ2v) is 13.7. The van der Waals surface area contributed by atoms with Gasteiger partial charge >= 0.3 is 0 Å². The normalized spacial score (nSPS) is 12.7. The number of aromatic nitrogens is 4. The van der Waals surface area contributed by atoms with Gasteiger partial charge in [-0.2, -0.15) is 5.10 Å². The Hall–Kier alpha value is -2.22. The number of alkyl halides is 3. The van der Waals surface area contributed by atoms with Crippen LogP contribution >= 0.6 is 0 Å². The summed E-state index contributed by atoms with van der Waals surface area (Å²) in [5.74, 6) is 0. The van der Waals surface area contributed by atoms with E-state index in [1.54, 1.807) is 18.3 Å². The number of hydrogen-bond donors (Lipinski definition) is 1. The summed E-state index contributed by atoms with van der Waals surface area (Å²) in [6.45, 7) is 7.73. The molecule has 28 heavy (non-hydrogen) atoms. The first kappa shape index (κ1) is 20.5. The molecule has 0 saturated heterocycles. The Morgan fingerprint density at radius 3 is 2.29 bits per heavy atom. The van der Waals surface area contributed by atoms with Gasteiger partial charge in [-0.1, -0.05) is 33.9 Å². The molecule has 0 spiro atoms. The Balaban J connectivity index is 2.44. The maximum atomic E-state index is 14.4. The Bertz CT molecular complexity index is 1010. The average Bonchev–Trinajstić information content (AvgIpc) is 3.09. The number of pyridine rings is 2. The van der Waals surface area contributed by atoms with E-state index in [1.165, 1.54) is 0 Å². The van der Waals surface area contributed by atoms with Crippen LogP contribution in [0.2, 0.25) is 18.1 Å². The van der Waals surface area contributed by atoms with E-state index in [9.17, 15) is 13.2 Å². The molecule has 150 valence electrons. The van der Waals surface area contributed by atoms with Crippen molar-refractivity contribution in [1.82, 2.24) is 20.2 Å². The first-order valence-corrected chi connectivity index (χ1v) is 12.2. The largest absolute Gasteiger partial charge is 0.273 e. The summed E-state index contributed by atoms with van der Waals surface area (Å²) in [7, 11) is -2.41. The highest BCUT2D eigenvalue weighted by Crippen LogP contribution is 2.39. The predicted molar refractivity (Wildman–Crippen MR) is 108 cm³/mol. The van der Waals surface area contributed by atoms with Gasteiger partial charge in [0.1, 0.15) is 20.0 Å². The minimum Gasteiger partial charge on any atom is -0.273 e. The minimum atomic E-state index is -2.41. The molecular weight excluding hydrogens is 381 g/mol. The molecule has 3 heterocycles. The second kappa shape index (κ2) is 7.31. The summed E-state index contributed by atoms with van der Waals surface area (Å²) in [5, 5.41) is 8.12. The van der Waals surface area contributed by atoms with Crippen molar-refractivity contribution in [3.8, 4) is 11.4 Å². The van der Waals surface area contributed by atoms with Crippen LogP contribution in [0.4, 0.5) is 13.2 Å². The summed E-state index contributed by atoms with van der Waals surface area (Å²) < 4.78 is 42.3. The molecule has 0 aliphatic heterocycles. The number of nitrogens with zero attached hydrogens (tertiary/aromatic N) is 3. The van der Waals surface area contributed by atoms with E-state index >= 15 is 0 Å². The van der Waals surface area contributed by atoms with Crippen LogP contribution < -0.4 is 5.19 Å². The highest BCUT2D eigenvalue weighted by atomic mass is 28.3. The molecule has 0 aromatic carbocycles. The summed E-state index contributed by atoms with van der Waals surface area (Å²) in [6.07, 6.45) is 1.61. The highest BCUT2D eigenvalue weighted by molar-refractivity contribution is 6.92.